The fraction of sp³-hybridized carbons (Fsp3) is 0.406. The lowest BCUT2D eigenvalue weighted by Gasteiger charge is -2.40. The van der Waals surface area contributed by atoms with E-state index in [1.807, 2.05) is 79.4 Å². The molecule has 9 heteroatoms. The van der Waals surface area contributed by atoms with E-state index in [2.05, 4.69) is 6.08 Å². The highest BCUT2D eigenvalue weighted by Crippen LogP contribution is 2.66. The van der Waals surface area contributed by atoms with Crippen molar-refractivity contribution in [3.8, 4) is 0 Å². The van der Waals surface area contributed by atoms with Crippen LogP contribution in [0.4, 0.5) is 5.69 Å². The summed E-state index contributed by atoms with van der Waals surface area (Å²) in [6.45, 7) is 5.06. The van der Waals surface area contributed by atoms with Gasteiger partial charge in [-0.1, -0.05) is 85.3 Å². The van der Waals surface area contributed by atoms with Gasteiger partial charge in [-0.05, 0) is 31.0 Å². The highest BCUT2D eigenvalue weighted by Gasteiger charge is 2.74. The van der Waals surface area contributed by atoms with Crippen LogP contribution in [0.2, 0.25) is 5.02 Å². The fourth-order valence-corrected chi connectivity index (χ4v) is 9.62. The van der Waals surface area contributed by atoms with E-state index in [4.69, 9.17) is 11.6 Å². The van der Waals surface area contributed by atoms with Crippen LogP contribution in [0.15, 0.2) is 78.9 Å². The van der Waals surface area contributed by atoms with Crippen LogP contribution >= 0.6 is 23.4 Å². The standard InChI is InChI=1S/C32H34ClN3O4S/c1-3-17-34-18-9-15-31(2)25(28(34)38)26-29(39)36(24(20-37)21-11-5-4-6-12-21)27-30(40)35(19-10-16-32(26,27)41-31)23-14-8-7-13-22(23)33/h4-16,24-27,37H,3,17-20H2,1-2H3/t24-,25-,26+,27?,31+,32+/m1/s1. The lowest BCUT2D eigenvalue weighted by atomic mass is 9.74. The van der Waals surface area contributed by atoms with E-state index in [1.165, 1.54) is 11.8 Å². The van der Waals surface area contributed by atoms with E-state index in [0.29, 0.717) is 23.8 Å². The molecule has 1 N–H and O–H groups in total. The molecule has 2 saturated heterocycles. The number of fused-ring (bicyclic) bond motifs is 2. The minimum absolute atomic E-state index is 0.0593. The van der Waals surface area contributed by atoms with Gasteiger partial charge in [-0.2, -0.15) is 0 Å². The smallest absolute Gasteiger partial charge is 0.251 e. The number of hydrogen-bond donors (Lipinski definition) is 1. The van der Waals surface area contributed by atoms with Gasteiger partial charge in [0, 0.05) is 24.4 Å². The van der Waals surface area contributed by atoms with Crippen molar-refractivity contribution in [1.82, 2.24) is 9.80 Å². The van der Waals surface area contributed by atoms with Crippen LogP contribution in [0.25, 0.3) is 0 Å². The maximum Gasteiger partial charge on any atom is 0.251 e. The maximum absolute atomic E-state index is 14.8. The number of amides is 3. The Bertz CT molecular complexity index is 1430. The van der Waals surface area contributed by atoms with Gasteiger partial charge in [0.15, 0.2) is 0 Å². The van der Waals surface area contributed by atoms with Crippen molar-refractivity contribution in [2.45, 2.75) is 41.8 Å². The van der Waals surface area contributed by atoms with Gasteiger partial charge >= 0.3 is 0 Å². The number of carbonyl (C=O) groups excluding carboxylic acids is 3. The first-order valence-corrected chi connectivity index (χ1v) is 15.3. The first kappa shape index (κ1) is 28.1. The Kier molecular flexibility index (Phi) is 7.29. The normalized spacial score (nSPS) is 31.6. The molecule has 41 heavy (non-hydrogen) atoms. The van der Waals surface area contributed by atoms with E-state index < -0.39 is 33.4 Å². The van der Waals surface area contributed by atoms with E-state index in [0.717, 1.165) is 12.0 Å². The van der Waals surface area contributed by atoms with Crippen molar-refractivity contribution in [2.24, 2.45) is 11.8 Å². The van der Waals surface area contributed by atoms with Gasteiger partial charge in [0.05, 0.1) is 39.9 Å². The Morgan fingerprint density at radius 2 is 1.66 bits per heavy atom. The molecular weight excluding hydrogens is 558 g/mol. The van der Waals surface area contributed by atoms with Gasteiger partial charge in [0.1, 0.15) is 6.04 Å². The molecule has 2 fully saturated rings. The number of hydrogen-bond acceptors (Lipinski definition) is 5. The summed E-state index contributed by atoms with van der Waals surface area (Å²) in [6, 6.07) is 14.8. The quantitative estimate of drug-likeness (QED) is 0.501. The van der Waals surface area contributed by atoms with E-state index in [-0.39, 0.29) is 30.9 Å². The molecule has 6 rings (SSSR count). The zero-order chi connectivity index (χ0) is 28.9. The van der Waals surface area contributed by atoms with Crippen LogP contribution in [0.1, 0.15) is 31.9 Å². The van der Waals surface area contributed by atoms with Gasteiger partial charge in [-0.15, -0.1) is 11.8 Å². The van der Waals surface area contributed by atoms with Crippen LogP contribution in [-0.4, -0.2) is 74.4 Å². The fourth-order valence-electron chi connectivity index (χ4n) is 7.23. The first-order valence-electron chi connectivity index (χ1n) is 14.2. The Hall–Kier alpha value is -3.07. The van der Waals surface area contributed by atoms with Crippen LogP contribution in [0.3, 0.4) is 0 Å². The van der Waals surface area contributed by atoms with Gasteiger partial charge in [-0.25, -0.2) is 0 Å². The number of nitrogens with zero attached hydrogens (tertiary/aromatic N) is 3. The lowest BCUT2D eigenvalue weighted by Crippen LogP contribution is -2.54. The molecular formula is C32H34ClN3O4S. The molecule has 1 spiro atoms. The summed E-state index contributed by atoms with van der Waals surface area (Å²) in [7, 11) is 0. The second-order valence-corrected chi connectivity index (χ2v) is 13.5. The minimum atomic E-state index is -1.01. The Morgan fingerprint density at radius 1 is 0.951 bits per heavy atom. The van der Waals surface area contributed by atoms with Gasteiger partial charge in [0.25, 0.3) is 5.91 Å². The summed E-state index contributed by atoms with van der Waals surface area (Å²) in [5.74, 6) is -2.05. The van der Waals surface area contributed by atoms with Crippen molar-refractivity contribution >= 4 is 46.8 Å². The summed E-state index contributed by atoms with van der Waals surface area (Å²) in [5.41, 5.74) is 1.29. The molecule has 0 bridgehead atoms. The van der Waals surface area contributed by atoms with Crippen LogP contribution in [-0.2, 0) is 14.4 Å². The van der Waals surface area contributed by atoms with Crippen LogP contribution in [0, 0.1) is 11.8 Å². The Labute approximate surface area is 249 Å². The SMILES string of the molecule is CCCN1CC=C[C@]2(C)S[C@]34C=CCN(c5ccccc5Cl)C(=O)C3N([C@H](CO)c3ccccc3)C(=O)[C@@H]4[C@@H]2C1=O. The molecule has 2 aromatic rings. The Balaban J connectivity index is 1.54. The number of benzene rings is 2. The minimum Gasteiger partial charge on any atom is -0.394 e. The monoisotopic (exact) mass is 591 g/mol. The van der Waals surface area contributed by atoms with Crippen molar-refractivity contribution in [3.63, 3.8) is 0 Å². The van der Waals surface area contributed by atoms with E-state index in [1.54, 1.807) is 21.9 Å². The number of anilines is 1. The molecule has 4 heterocycles. The zero-order valence-electron chi connectivity index (χ0n) is 23.2. The van der Waals surface area contributed by atoms with Crippen molar-refractivity contribution in [2.75, 3.05) is 31.1 Å². The topological polar surface area (TPSA) is 81.2 Å². The molecule has 0 aliphatic carbocycles. The molecule has 0 radical (unpaired) electrons. The van der Waals surface area contributed by atoms with Crippen molar-refractivity contribution in [3.05, 3.63) is 89.5 Å². The molecule has 6 atom stereocenters. The third-order valence-electron chi connectivity index (χ3n) is 8.91. The molecule has 4 aliphatic rings. The average molecular weight is 592 g/mol. The predicted molar refractivity (Wildman–Crippen MR) is 162 cm³/mol. The van der Waals surface area contributed by atoms with Crippen LogP contribution in [0.5, 0.6) is 0 Å². The Morgan fingerprint density at radius 3 is 2.37 bits per heavy atom. The number of para-hydroxylation sites is 1. The summed E-state index contributed by atoms with van der Waals surface area (Å²) >= 11 is 8.12. The van der Waals surface area contributed by atoms with Gasteiger partial charge in [0.2, 0.25) is 11.8 Å². The first-order chi connectivity index (χ1) is 19.8. The molecule has 4 aliphatic heterocycles. The second-order valence-electron chi connectivity index (χ2n) is 11.3. The average Bonchev–Trinajstić information content (AvgIpc) is 3.24. The summed E-state index contributed by atoms with van der Waals surface area (Å²) in [5, 5.41) is 11.2. The maximum atomic E-state index is 14.8. The molecule has 3 amide bonds. The molecule has 0 aromatic heterocycles. The number of carbonyl (C=O) groups is 3. The molecule has 7 nitrogen and oxygen atoms in total. The largest absolute Gasteiger partial charge is 0.394 e. The lowest BCUT2D eigenvalue weighted by molar-refractivity contribution is -0.145. The van der Waals surface area contributed by atoms with Gasteiger partial charge < -0.3 is 19.8 Å². The summed E-state index contributed by atoms with van der Waals surface area (Å²) in [6.07, 6.45) is 8.81. The zero-order valence-corrected chi connectivity index (χ0v) is 24.7. The number of thioether (sulfide) groups is 1. The van der Waals surface area contributed by atoms with Crippen molar-refractivity contribution in [1.29, 1.82) is 0 Å². The van der Waals surface area contributed by atoms with Crippen LogP contribution < -0.4 is 4.90 Å². The predicted octanol–water partition coefficient (Wildman–Crippen LogP) is 4.47. The second kappa shape index (κ2) is 10.6. The third-order valence-corrected chi connectivity index (χ3v) is 11.0. The summed E-state index contributed by atoms with van der Waals surface area (Å²) in [4.78, 5) is 48.8. The summed E-state index contributed by atoms with van der Waals surface area (Å²) < 4.78 is -1.70. The number of aliphatic hydroxyl groups is 1. The number of likely N-dealkylation sites (tertiary alicyclic amines) is 1. The number of aliphatic hydroxyl groups excluding tert-OH is 1. The molecule has 0 saturated carbocycles. The van der Waals surface area contributed by atoms with E-state index >= 15 is 0 Å². The number of rotatable bonds is 6. The third kappa shape index (κ3) is 4.25. The molecule has 214 valence electrons. The number of halogens is 1. The van der Waals surface area contributed by atoms with Crippen molar-refractivity contribution < 1.29 is 19.5 Å². The van der Waals surface area contributed by atoms with E-state index in [9.17, 15) is 19.5 Å². The molecule has 1 unspecified atom stereocenters. The van der Waals surface area contributed by atoms with Gasteiger partial charge in [-0.3, -0.25) is 14.4 Å². The highest BCUT2D eigenvalue weighted by molar-refractivity contribution is 8.02. The molecule has 2 aromatic carbocycles. The highest BCUT2D eigenvalue weighted by atomic mass is 35.5.